The third-order valence-corrected chi connectivity index (χ3v) is 7.55. The Morgan fingerprint density at radius 1 is 1.00 bits per heavy atom. The van der Waals surface area contributed by atoms with E-state index < -0.39 is 10.0 Å². The summed E-state index contributed by atoms with van der Waals surface area (Å²) in [6, 6.07) is 18.6. The summed E-state index contributed by atoms with van der Waals surface area (Å²) in [6.07, 6.45) is 1.08. The fourth-order valence-electron chi connectivity index (χ4n) is 3.66. The second kappa shape index (κ2) is 10.1. The molecule has 0 aliphatic carbocycles. The molecule has 1 amide bonds. The monoisotopic (exact) mass is 429 g/mol. The summed E-state index contributed by atoms with van der Waals surface area (Å²) in [7, 11) is -3.49. The van der Waals surface area contributed by atoms with Crippen LogP contribution in [-0.4, -0.2) is 44.3 Å². The van der Waals surface area contributed by atoms with Gasteiger partial charge in [0, 0.05) is 37.3 Å². The minimum atomic E-state index is -3.49. The van der Waals surface area contributed by atoms with E-state index in [-0.39, 0.29) is 17.9 Å². The average Bonchev–Trinajstić information content (AvgIpc) is 2.77. The van der Waals surface area contributed by atoms with Crippen molar-refractivity contribution in [3.05, 3.63) is 60.7 Å². The first-order chi connectivity index (χ1) is 14.4. The SMILES string of the molecule is CC(C)C(CNC(=O)C1CCN(S(=O)(=O)c2ccccc2)CC1)Nc1ccccc1. The van der Waals surface area contributed by atoms with Crippen molar-refractivity contribution in [2.24, 2.45) is 11.8 Å². The van der Waals surface area contributed by atoms with Crippen LogP contribution in [0.1, 0.15) is 26.7 Å². The van der Waals surface area contributed by atoms with Crippen molar-refractivity contribution < 1.29 is 13.2 Å². The maximum atomic E-state index is 12.7. The van der Waals surface area contributed by atoms with Crippen LogP contribution in [0.25, 0.3) is 0 Å². The standard InChI is InChI=1S/C23H31N3O3S/c1-18(2)22(25-20-9-5-3-6-10-20)17-24-23(27)19-13-15-26(16-14-19)30(28,29)21-11-7-4-8-12-21/h3-12,18-19,22,25H,13-17H2,1-2H3,(H,24,27). The Morgan fingerprint density at radius 2 is 1.57 bits per heavy atom. The first-order valence-corrected chi connectivity index (χ1v) is 12.0. The highest BCUT2D eigenvalue weighted by atomic mass is 32.2. The summed E-state index contributed by atoms with van der Waals surface area (Å²) < 4.78 is 27.0. The molecule has 0 radical (unpaired) electrons. The van der Waals surface area contributed by atoms with E-state index in [0.29, 0.717) is 43.3 Å². The second-order valence-corrected chi connectivity index (χ2v) is 10.0. The van der Waals surface area contributed by atoms with Crippen LogP contribution >= 0.6 is 0 Å². The Kier molecular flexibility index (Phi) is 7.50. The number of sulfonamides is 1. The average molecular weight is 430 g/mol. The van der Waals surface area contributed by atoms with E-state index in [1.807, 2.05) is 30.3 Å². The van der Waals surface area contributed by atoms with E-state index >= 15 is 0 Å². The lowest BCUT2D eigenvalue weighted by Gasteiger charge is -2.31. The zero-order chi connectivity index (χ0) is 21.6. The number of benzene rings is 2. The molecular weight excluding hydrogens is 398 g/mol. The van der Waals surface area contributed by atoms with Crippen LogP contribution in [0.4, 0.5) is 5.69 Å². The zero-order valence-corrected chi connectivity index (χ0v) is 18.4. The van der Waals surface area contributed by atoms with E-state index in [2.05, 4.69) is 24.5 Å². The number of para-hydroxylation sites is 1. The minimum Gasteiger partial charge on any atom is -0.380 e. The molecule has 1 aliphatic rings. The maximum absolute atomic E-state index is 12.7. The van der Waals surface area contributed by atoms with Crippen LogP contribution < -0.4 is 10.6 Å². The second-order valence-electron chi connectivity index (χ2n) is 8.10. The smallest absolute Gasteiger partial charge is 0.243 e. The molecule has 0 saturated carbocycles. The topological polar surface area (TPSA) is 78.5 Å². The molecule has 30 heavy (non-hydrogen) atoms. The summed E-state index contributed by atoms with van der Waals surface area (Å²) in [6.45, 7) is 5.52. The van der Waals surface area contributed by atoms with Gasteiger partial charge in [0.25, 0.3) is 0 Å². The van der Waals surface area contributed by atoms with Gasteiger partial charge in [-0.2, -0.15) is 4.31 Å². The molecule has 1 aliphatic heterocycles. The van der Waals surface area contributed by atoms with Gasteiger partial charge in [0.2, 0.25) is 15.9 Å². The van der Waals surface area contributed by atoms with Crippen LogP contribution in [0.15, 0.2) is 65.6 Å². The number of anilines is 1. The van der Waals surface area contributed by atoms with E-state index in [4.69, 9.17) is 0 Å². The number of carbonyl (C=O) groups excluding carboxylic acids is 1. The van der Waals surface area contributed by atoms with Crippen LogP contribution in [0, 0.1) is 11.8 Å². The number of amides is 1. The molecule has 1 saturated heterocycles. The Labute approximate surface area is 179 Å². The van der Waals surface area contributed by atoms with Crippen LogP contribution in [0.2, 0.25) is 0 Å². The van der Waals surface area contributed by atoms with Crippen molar-refractivity contribution in [2.45, 2.75) is 37.6 Å². The lowest BCUT2D eigenvalue weighted by atomic mass is 9.96. The van der Waals surface area contributed by atoms with Gasteiger partial charge in [0.05, 0.1) is 4.90 Å². The fraction of sp³-hybridized carbons (Fsp3) is 0.435. The third kappa shape index (κ3) is 5.61. The number of rotatable bonds is 8. The summed E-state index contributed by atoms with van der Waals surface area (Å²) in [5, 5.41) is 6.55. The van der Waals surface area contributed by atoms with Crippen molar-refractivity contribution in [1.82, 2.24) is 9.62 Å². The van der Waals surface area contributed by atoms with Crippen molar-refractivity contribution in [1.29, 1.82) is 0 Å². The Morgan fingerprint density at radius 3 is 2.13 bits per heavy atom. The third-order valence-electron chi connectivity index (χ3n) is 5.63. The highest BCUT2D eigenvalue weighted by Gasteiger charge is 2.32. The molecule has 0 aromatic heterocycles. The number of nitrogens with zero attached hydrogens (tertiary/aromatic N) is 1. The molecular formula is C23H31N3O3S. The molecule has 1 atom stereocenters. The first-order valence-electron chi connectivity index (χ1n) is 10.5. The molecule has 162 valence electrons. The fourth-order valence-corrected chi connectivity index (χ4v) is 5.15. The van der Waals surface area contributed by atoms with Crippen molar-refractivity contribution in [2.75, 3.05) is 25.0 Å². The van der Waals surface area contributed by atoms with Crippen molar-refractivity contribution >= 4 is 21.6 Å². The molecule has 7 heteroatoms. The van der Waals surface area contributed by atoms with E-state index in [0.717, 1.165) is 5.69 Å². The largest absolute Gasteiger partial charge is 0.380 e. The summed E-state index contributed by atoms with van der Waals surface area (Å²) in [4.78, 5) is 13.0. The molecule has 2 N–H and O–H groups in total. The molecule has 0 spiro atoms. The quantitative estimate of drug-likeness (QED) is 0.675. The minimum absolute atomic E-state index is 0.00673. The molecule has 6 nitrogen and oxygen atoms in total. The lowest BCUT2D eigenvalue weighted by Crippen LogP contribution is -2.46. The number of hydrogen-bond donors (Lipinski definition) is 2. The Hall–Kier alpha value is -2.38. The van der Waals surface area contributed by atoms with Gasteiger partial charge in [-0.3, -0.25) is 4.79 Å². The first kappa shape index (κ1) is 22.3. The lowest BCUT2D eigenvalue weighted by molar-refractivity contribution is -0.126. The summed E-state index contributed by atoms with van der Waals surface area (Å²) in [5.74, 6) is 0.201. The van der Waals surface area contributed by atoms with Crippen molar-refractivity contribution in [3.63, 3.8) is 0 Å². The molecule has 0 bridgehead atoms. The van der Waals surface area contributed by atoms with E-state index in [9.17, 15) is 13.2 Å². The molecule has 1 fully saturated rings. The Balaban J connectivity index is 1.51. The van der Waals surface area contributed by atoms with Gasteiger partial charge < -0.3 is 10.6 Å². The van der Waals surface area contributed by atoms with E-state index in [1.165, 1.54) is 4.31 Å². The molecule has 1 unspecified atom stereocenters. The van der Waals surface area contributed by atoms with Crippen molar-refractivity contribution in [3.8, 4) is 0 Å². The molecule has 2 aromatic carbocycles. The molecule has 2 aromatic rings. The number of piperidine rings is 1. The predicted molar refractivity (Wildman–Crippen MR) is 120 cm³/mol. The molecule has 3 rings (SSSR count). The van der Waals surface area contributed by atoms with Gasteiger partial charge >= 0.3 is 0 Å². The normalized spacial score (nSPS) is 16.9. The van der Waals surface area contributed by atoms with Gasteiger partial charge in [0.1, 0.15) is 0 Å². The number of carbonyl (C=O) groups is 1. The number of nitrogens with one attached hydrogen (secondary N) is 2. The van der Waals surface area contributed by atoms with Gasteiger partial charge in [-0.15, -0.1) is 0 Å². The van der Waals surface area contributed by atoms with Gasteiger partial charge in [0.15, 0.2) is 0 Å². The van der Waals surface area contributed by atoms with Gasteiger partial charge in [-0.25, -0.2) is 8.42 Å². The zero-order valence-electron chi connectivity index (χ0n) is 17.6. The van der Waals surface area contributed by atoms with Gasteiger partial charge in [-0.05, 0) is 43.0 Å². The highest BCUT2D eigenvalue weighted by Crippen LogP contribution is 2.24. The predicted octanol–water partition coefficient (Wildman–Crippen LogP) is 3.34. The molecule has 1 heterocycles. The summed E-state index contributed by atoms with van der Waals surface area (Å²) >= 11 is 0. The highest BCUT2D eigenvalue weighted by molar-refractivity contribution is 7.89. The van der Waals surface area contributed by atoms with Crippen LogP contribution in [0.5, 0.6) is 0 Å². The van der Waals surface area contributed by atoms with Crippen LogP contribution in [-0.2, 0) is 14.8 Å². The van der Waals surface area contributed by atoms with E-state index in [1.54, 1.807) is 30.3 Å². The maximum Gasteiger partial charge on any atom is 0.243 e. The number of hydrogen-bond acceptors (Lipinski definition) is 4. The summed E-state index contributed by atoms with van der Waals surface area (Å²) in [5.41, 5.74) is 1.03. The van der Waals surface area contributed by atoms with Gasteiger partial charge in [-0.1, -0.05) is 50.2 Å². The van der Waals surface area contributed by atoms with Crippen LogP contribution in [0.3, 0.4) is 0 Å². The Bertz CT molecular complexity index is 909.